The van der Waals surface area contributed by atoms with E-state index in [-0.39, 0.29) is 42.6 Å². The smallest absolute Gasteiger partial charge is 0.410 e. The molecule has 2 fully saturated rings. The predicted octanol–water partition coefficient (Wildman–Crippen LogP) is 2.80. The minimum absolute atomic E-state index is 0.100. The summed E-state index contributed by atoms with van der Waals surface area (Å²) in [5.41, 5.74) is -1.10. The van der Waals surface area contributed by atoms with Gasteiger partial charge in [-0.15, -0.1) is 3.71 Å². The zero-order chi connectivity index (χ0) is 39.1. The molecule has 16 nitrogen and oxygen atoms in total. The summed E-state index contributed by atoms with van der Waals surface area (Å²) in [7, 11) is -9.29. The van der Waals surface area contributed by atoms with Gasteiger partial charge in [0.2, 0.25) is 31.9 Å². The molecule has 292 valence electrons. The van der Waals surface area contributed by atoms with Crippen molar-refractivity contribution in [3.63, 3.8) is 0 Å². The van der Waals surface area contributed by atoms with Gasteiger partial charge in [-0.1, -0.05) is 42.7 Å². The minimum atomic E-state index is -4.64. The van der Waals surface area contributed by atoms with Crippen LogP contribution in [-0.2, 0) is 57.0 Å². The van der Waals surface area contributed by atoms with E-state index in [1.54, 1.807) is 45.1 Å². The molecule has 3 aliphatic heterocycles. The number of hydrogen-bond acceptors (Lipinski definition) is 11. The normalized spacial score (nSPS) is 27.2. The Morgan fingerprint density at radius 3 is 2.36 bits per heavy atom. The lowest BCUT2D eigenvalue weighted by atomic mass is 10.0. The topological polar surface area (TPSA) is 206 Å². The molecule has 4 aliphatic rings. The van der Waals surface area contributed by atoms with E-state index in [0.29, 0.717) is 43.2 Å². The van der Waals surface area contributed by atoms with Crippen LogP contribution in [0.4, 0.5) is 9.59 Å². The minimum Gasteiger partial charge on any atom is -0.444 e. The van der Waals surface area contributed by atoms with Crippen molar-refractivity contribution in [2.24, 2.45) is 5.92 Å². The van der Waals surface area contributed by atoms with Crippen molar-refractivity contribution < 1.29 is 50.3 Å². The first-order valence-electron chi connectivity index (χ1n) is 17.4. The summed E-state index contributed by atoms with van der Waals surface area (Å²) in [6.45, 7) is 5.24. The van der Waals surface area contributed by atoms with E-state index in [2.05, 4.69) is 10.6 Å². The summed E-state index contributed by atoms with van der Waals surface area (Å²) in [5, 5.41) is 5.75. The number of hydrogen-bond donors (Lipinski definition) is 2. The van der Waals surface area contributed by atoms with Gasteiger partial charge in [-0.2, -0.15) is 0 Å². The van der Waals surface area contributed by atoms with Gasteiger partial charge in [0.15, 0.2) is 0 Å². The molecule has 0 bridgehead atoms. The lowest BCUT2D eigenvalue weighted by molar-refractivity contribution is -0.141. The number of rotatable bonds is 5. The van der Waals surface area contributed by atoms with Crippen LogP contribution in [-0.4, -0.2) is 109 Å². The first kappa shape index (κ1) is 40.3. The molecule has 3 heterocycles. The standard InChI is InChI=1S/C34H46ClN5O11S2/c1-33(2,3)51-31(44)36-26-12-10-8-6-7-9-11-23-17-34(23,30(43)40(52(4,46)47)53(5,48)49)37-28(41)27-16-25(20-39(27)29(26)42)50-32(45)38-18-21-13-14-24(35)15-22(21)19-38/h9,11,13-15,23,25-27H,6-8,10,12,16-20H2,1-5H3,(H,36,44)(H,37,41)/b11-9+/t23-,25-,26+,27+,34-/m1/s1. The fraction of sp³-hybridized carbons (Fsp3) is 0.618. The highest BCUT2D eigenvalue weighted by atomic mass is 35.5. The van der Waals surface area contributed by atoms with Gasteiger partial charge in [-0.05, 0) is 69.7 Å². The molecule has 0 radical (unpaired) electrons. The fourth-order valence-electron chi connectivity index (χ4n) is 7.02. The number of ether oxygens (including phenoxy) is 2. The van der Waals surface area contributed by atoms with Crippen LogP contribution < -0.4 is 10.6 Å². The Bertz CT molecular complexity index is 1880. The van der Waals surface area contributed by atoms with E-state index in [0.717, 1.165) is 11.1 Å². The number of carbonyl (C=O) groups excluding carboxylic acids is 5. The number of carbonyl (C=O) groups is 5. The molecule has 5 rings (SSSR count). The van der Waals surface area contributed by atoms with Gasteiger partial charge in [0, 0.05) is 30.5 Å². The molecule has 19 heteroatoms. The van der Waals surface area contributed by atoms with Gasteiger partial charge >= 0.3 is 12.2 Å². The number of amides is 5. The maximum atomic E-state index is 14.3. The first-order valence-corrected chi connectivity index (χ1v) is 21.4. The number of sulfonamides is 2. The van der Waals surface area contributed by atoms with Gasteiger partial charge in [-0.25, -0.2) is 26.4 Å². The summed E-state index contributed by atoms with van der Waals surface area (Å²) in [6, 6.07) is 2.78. The summed E-state index contributed by atoms with van der Waals surface area (Å²) in [5.74, 6) is -3.66. The summed E-state index contributed by atoms with van der Waals surface area (Å²) in [4.78, 5) is 71.4. The van der Waals surface area contributed by atoms with E-state index < -0.39 is 85.2 Å². The Kier molecular flexibility index (Phi) is 11.5. The lowest BCUT2D eigenvalue weighted by Gasteiger charge is -2.31. The molecular formula is C34H46ClN5O11S2. The average Bonchev–Trinajstić information content (AvgIpc) is 3.32. The van der Waals surface area contributed by atoms with E-state index in [4.69, 9.17) is 21.1 Å². The Morgan fingerprint density at radius 2 is 1.70 bits per heavy atom. The zero-order valence-electron chi connectivity index (χ0n) is 30.3. The summed E-state index contributed by atoms with van der Waals surface area (Å²) >= 11 is 6.13. The second-order valence-corrected chi connectivity index (χ2v) is 19.4. The van der Waals surface area contributed by atoms with Crippen molar-refractivity contribution in [3.05, 3.63) is 46.5 Å². The molecule has 0 unspecified atom stereocenters. The second kappa shape index (κ2) is 15.1. The largest absolute Gasteiger partial charge is 0.444 e. The number of alkyl carbamates (subject to hydrolysis) is 1. The van der Waals surface area contributed by atoms with E-state index in [9.17, 15) is 40.8 Å². The van der Waals surface area contributed by atoms with Crippen LogP contribution in [0.15, 0.2) is 30.4 Å². The quantitative estimate of drug-likeness (QED) is 0.415. The van der Waals surface area contributed by atoms with Crippen molar-refractivity contribution in [2.45, 2.75) is 108 Å². The molecule has 0 spiro atoms. The molecule has 1 aromatic carbocycles. The summed E-state index contributed by atoms with van der Waals surface area (Å²) in [6.07, 6.45) is 4.32. The highest BCUT2D eigenvalue weighted by Gasteiger charge is 2.64. The number of nitrogens with one attached hydrogen (secondary N) is 2. The van der Waals surface area contributed by atoms with Gasteiger partial charge in [0.1, 0.15) is 29.3 Å². The van der Waals surface area contributed by atoms with E-state index >= 15 is 0 Å². The van der Waals surface area contributed by atoms with Gasteiger partial charge in [0.25, 0.3) is 5.91 Å². The van der Waals surface area contributed by atoms with Gasteiger partial charge < -0.3 is 25.0 Å². The molecule has 0 aromatic heterocycles. The molecule has 5 amide bonds. The highest BCUT2D eigenvalue weighted by Crippen LogP contribution is 2.47. The zero-order valence-corrected chi connectivity index (χ0v) is 32.7. The van der Waals surface area contributed by atoms with Crippen molar-refractivity contribution in [1.82, 2.24) is 24.1 Å². The van der Waals surface area contributed by atoms with Crippen LogP contribution in [0.2, 0.25) is 5.02 Å². The van der Waals surface area contributed by atoms with Crippen LogP contribution in [0, 0.1) is 5.92 Å². The molecule has 2 N–H and O–H groups in total. The van der Waals surface area contributed by atoms with Crippen molar-refractivity contribution in [2.75, 3.05) is 19.1 Å². The number of nitrogens with zero attached hydrogens (tertiary/aromatic N) is 3. The Balaban J connectivity index is 1.46. The molecular weight excluding hydrogens is 754 g/mol. The van der Waals surface area contributed by atoms with Crippen LogP contribution in [0.1, 0.15) is 76.8 Å². The number of allylic oxidation sites excluding steroid dienone is 1. The Hall–Kier alpha value is -3.90. The van der Waals surface area contributed by atoms with Gasteiger partial charge in [0.05, 0.1) is 19.1 Å². The molecule has 5 atom stereocenters. The maximum absolute atomic E-state index is 14.3. The van der Waals surface area contributed by atoms with Crippen molar-refractivity contribution in [1.29, 1.82) is 0 Å². The van der Waals surface area contributed by atoms with Crippen LogP contribution >= 0.6 is 11.6 Å². The predicted molar refractivity (Wildman–Crippen MR) is 192 cm³/mol. The third-order valence-corrected chi connectivity index (χ3v) is 12.9. The molecule has 1 saturated heterocycles. The van der Waals surface area contributed by atoms with Crippen LogP contribution in [0.25, 0.3) is 0 Å². The SMILES string of the molecule is CC(C)(C)OC(=O)N[C@H]1CCCCC/C=C/[C@@H]2C[C@@]2(C(=O)N(S(C)(=O)=O)S(C)(=O)=O)NC(=O)[C@@H]2C[C@@H](OC(=O)N3Cc4ccc(Cl)cc4C3)CN2C1=O. The third-order valence-electron chi connectivity index (χ3n) is 9.50. The van der Waals surface area contributed by atoms with Crippen LogP contribution in [0.5, 0.6) is 0 Å². The van der Waals surface area contributed by atoms with Gasteiger partial charge in [-0.3, -0.25) is 19.3 Å². The molecule has 1 aliphatic carbocycles. The van der Waals surface area contributed by atoms with E-state index in [1.807, 2.05) is 6.07 Å². The molecule has 1 saturated carbocycles. The highest BCUT2D eigenvalue weighted by molar-refractivity contribution is 8.04. The monoisotopic (exact) mass is 799 g/mol. The Morgan fingerprint density at radius 1 is 1.02 bits per heavy atom. The molecule has 53 heavy (non-hydrogen) atoms. The number of fused-ring (bicyclic) bond motifs is 3. The Labute approximate surface area is 314 Å². The number of halogens is 1. The van der Waals surface area contributed by atoms with E-state index in [1.165, 1.54) is 9.80 Å². The average molecular weight is 800 g/mol. The molecule has 1 aromatic rings. The second-order valence-electron chi connectivity index (χ2n) is 15.1. The van der Waals surface area contributed by atoms with Crippen molar-refractivity contribution >= 4 is 61.6 Å². The van der Waals surface area contributed by atoms with Crippen LogP contribution in [0.3, 0.4) is 0 Å². The lowest BCUT2D eigenvalue weighted by Crippen LogP contribution is -2.59. The number of benzene rings is 1. The maximum Gasteiger partial charge on any atom is 0.410 e. The third kappa shape index (κ3) is 9.43. The first-order chi connectivity index (χ1) is 24.6. The summed E-state index contributed by atoms with van der Waals surface area (Å²) < 4.78 is 61.5. The van der Waals surface area contributed by atoms with Crippen molar-refractivity contribution in [3.8, 4) is 0 Å². The fourth-order valence-corrected chi connectivity index (χ4v) is 10.1.